The normalized spacial score (nSPS) is 10.6. The minimum Gasteiger partial charge on any atom is -0.450 e. The highest BCUT2D eigenvalue weighted by Crippen LogP contribution is 2.10. The van der Waals surface area contributed by atoms with Gasteiger partial charge in [-0.1, -0.05) is 64.7 Å². The Balaban J connectivity index is 3.06. The molecule has 21 heavy (non-hydrogen) atoms. The van der Waals surface area contributed by atoms with Crippen molar-refractivity contribution in [2.24, 2.45) is 0 Å². The standard InChI is InChI=1S/C17H35NO2S/c1-2-3-14-18-17(19)20-15-12-10-8-6-4-5-7-9-11-13-16-21/h21H,2-16H2,1H3,(H,18,19). The van der Waals surface area contributed by atoms with E-state index in [1.54, 1.807) is 0 Å². The number of carbonyl (C=O) groups is 1. The lowest BCUT2D eigenvalue weighted by Gasteiger charge is -2.06. The van der Waals surface area contributed by atoms with Crippen LogP contribution in [-0.4, -0.2) is 25.0 Å². The number of nitrogens with one attached hydrogen (secondary N) is 1. The van der Waals surface area contributed by atoms with Crippen LogP contribution in [0.2, 0.25) is 0 Å². The van der Waals surface area contributed by atoms with Gasteiger partial charge in [-0.3, -0.25) is 0 Å². The average molecular weight is 318 g/mol. The fourth-order valence-corrected chi connectivity index (χ4v) is 2.43. The van der Waals surface area contributed by atoms with Crippen LogP contribution in [0.25, 0.3) is 0 Å². The van der Waals surface area contributed by atoms with Gasteiger partial charge in [-0.15, -0.1) is 0 Å². The van der Waals surface area contributed by atoms with E-state index in [-0.39, 0.29) is 6.09 Å². The van der Waals surface area contributed by atoms with Crippen molar-refractivity contribution >= 4 is 18.7 Å². The summed E-state index contributed by atoms with van der Waals surface area (Å²) in [5, 5.41) is 2.76. The maximum atomic E-state index is 11.3. The highest BCUT2D eigenvalue weighted by Gasteiger charge is 1.99. The minimum absolute atomic E-state index is 0.260. The maximum absolute atomic E-state index is 11.3. The molecular formula is C17H35NO2S. The average Bonchev–Trinajstić information content (AvgIpc) is 2.48. The first-order valence-electron chi connectivity index (χ1n) is 8.82. The number of hydrogen-bond donors (Lipinski definition) is 2. The van der Waals surface area contributed by atoms with Gasteiger partial charge in [0.2, 0.25) is 0 Å². The monoisotopic (exact) mass is 317 g/mol. The number of hydrogen-bond acceptors (Lipinski definition) is 3. The van der Waals surface area contributed by atoms with Crippen LogP contribution in [0.4, 0.5) is 4.79 Å². The number of alkyl carbamates (subject to hydrolysis) is 1. The minimum atomic E-state index is -0.260. The fraction of sp³-hybridized carbons (Fsp3) is 0.941. The Hall–Kier alpha value is -0.380. The second kappa shape index (κ2) is 17.7. The topological polar surface area (TPSA) is 38.3 Å². The molecule has 4 heteroatoms. The lowest BCUT2D eigenvalue weighted by Crippen LogP contribution is -2.25. The van der Waals surface area contributed by atoms with Crippen LogP contribution in [0.3, 0.4) is 0 Å². The molecule has 0 heterocycles. The summed E-state index contributed by atoms with van der Waals surface area (Å²) in [6.07, 6.45) is 14.6. The Morgan fingerprint density at radius 1 is 0.857 bits per heavy atom. The predicted molar refractivity (Wildman–Crippen MR) is 94.3 cm³/mol. The molecular weight excluding hydrogens is 282 g/mol. The van der Waals surface area contributed by atoms with Gasteiger partial charge < -0.3 is 10.1 Å². The van der Waals surface area contributed by atoms with E-state index in [0.29, 0.717) is 6.61 Å². The molecule has 0 unspecified atom stereocenters. The number of ether oxygens (including phenoxy) is 1. The first-order chi connectivity index (χ1) is 10.3. The van der Waals surface area contributed by atoms with Crippen LogP contribution < -0.4 is 5.32 Å². The van der Waals surface area contributed by atoms with Gasteiger partial charge in [-0.2, -0.15) is 12.6 Å². The van der Waals surface area contributed by atoms with Crippen LogP contribution in [-0.2, 0) is 4.74 Å². The van der Waals surface area contributed by atoms with Crippen LogP contribution in [0.1, 0.15) is 84.0 Å². The zero-order chi connectivity index (χ0) is 15.6. The van der Waals surface area contributed by atoms with Crippen molar-refractivity contribution in [2.75, 3.05) is 18.9 Å². The van der Waals surface area contributed by atoms with Crippen molar-refractivity contribution in [3.8, 4) is 0 Å². The van der Waals surface area contributed by atoms with E-state index in [1.165, 1.54) is 57.8 Å². The highest BCUT2D eigenvalue weighted by atomic mass is 32.1. The molecule has 0 aliphatic carbocycles. The van der Waals surface area contributed by atoms with Crippen LogP contribution in [0.15, 0.2) is 0 Å². The highest BCUT2D eigenvalue weighted by molar-refractivity contribution is 7.80. The first-order valence-corrected chi connectivity index (χ1v) is 9.46. The fourth-order valence-electron chi connectivity index (χ4n) is 2.21. The van der Waals surface area contributed by atoms with Gasteiger partial charge in [0.25, 0.3) is 0 Å². The van der Waals surface area contributed by atoms with Gasteiger partial charge >= 0.3 is 6.09 Å². The van der Waals surface area contributed by atoms with E-state index in [9.17, 15) is 4.79 Å². The summed E-state index contributed by atoms with van der Waals surface area (Å²) < 4.78 is 5.11. The smallest absolute Gasteiger partial charge is 0.407 e. The van der Waals surface area contributed by atoms with Crippen LogP contribution in [0.5, 0.6) is 0 Å². The summed E-state index contributed by atoms with van der Waals surface area (Å²) in [6.45, 7) is 3.39. The van der Waals surface area contributed by atoms with Crippen LogP contribution >= 0.6 is 12.6 Å². The number of unbranched alkanes of at least 4 members (excludes halogenated alkanes) is 10. The molecule has 0 radical (unpaired) electrons. The quantitative estimate of drug-likeness (QED) is 0.316. The van der Waals surface area contributed by atoms with Gasteiger partial charge in [0.05, 0.1) is 6.61 Å². The van der Waals surface area contributed by atoms with E-state index in [4.69, 9.17) is 4.74 Å². The largest absolute Gasteiger partial charge is 0.450 e. The molecule has 0 spiro atoms. The van der Waals surface area contributed by atoms with Crippen molar-refractivity contribution in [2.45, 2.75) is 84.0 Å². The SMILES string of the molecule is CCCCNC(=O)OCCCCCCCCCCCCS. The zero-order valence-electron chi connectivity index (χ0n) is 13.9. The summed E-state index contributed by atoms with van der Waals surface area (Å²) in [6, 6.07) is 0. The van der Waals surface area contributed by atoms with Gasteiger partial charge in [0.15, 0.2) is 0 Å². The molecule has 0 fully saturated rings. The van der Waals surface area contributed by atoms with Crippen molar-refractivity contribution in [1.29, 1.82) is 0 Å². The Labute approximate surface area is 137 Å². The Kier molecular flexibility index (Phi) is 17.4. The van der Waals surface area contributed by atoms with Crippen molar-refractivity contribution in [3.63, 3.8) is 0 Å². The number of amides is 1. The van der Waals surface area contributed by atoms with Gasteiger partial charge in [0, 0.05) is 6.54 Å². The van der Waals surface area contributed by atoms with Crippen molar-refractivity contribution < 1.29 is 9.53 Å². The second-order valence-electron chi connectivity index (χ2n) is 5.68. The molecule has 0 aliphatic rings. The number of rotatable bonds is 15. The Morgan fingerprint density at radius 3 is 1.90 bits per heavy atom. The zero-order valence-corrected chi connectivity index (χ0v) is 14.8. The summed E-state index contributed by atoms with van der Waals surface area (Å²) in [7, 11) is 0. The lowest BCUT2D eigenvalue weighted by molar-refractivity contribution is 0.143. The molecule has 0 rings (SSSR count). The van der Waals surface area contributed by atoms with E-state index in [1.807, 2.05) is 0 Å². The molecule has 1 N–H and O–H groups in total. The summed E-state index contributed by atoms with van der Waals surface area (Å²) in [5.74, 6) is 1.03. The molecule has 0 saturated carbocycles. The molecule has 0 saturated heterocycles. The van der Waals surface area contributed by atoms with E-state index in [2.05, 4.69) is 24.9 Å². The van der Waals surface area contributed by atoms with E-state index in [0.717, 1.165) is 31.6 Å². The number of carbonyl (C=O) groups excluding carboxylic acids is 1. The Bertz CT molecular complexity index is 225. The molecule has 0 aromatic rings. The van der Waals surface area contributed by atoms with Gasteiger partial charge in [0.1, 0.15) is 0 Å². The van der Waals surface area contributed by atoms with Gasteiger partial charge in [-0.05, 0) is 25.0 Å². The number of thiol groups is 1. The molecule has 0 aromatic carbocycles. The molecule has 0 atom stereocenters. The molecule has 0 aliphatic heterocycles. The lowest BCUT2D eigenvalue weighted by atomic mass is 10.1. The van der Waals surface area contributed by atoms with Gasteiger partial charge in [-0.25, -0.2) is 4.79 Å². The predicted octanol–water partition coefficient (Wildman–Crippen LogP) is 5.34. The summed E-state index contributed by atoms with van der Waals surface area (Å²) >= 11 is 4.22. The Morgan fingerprint density at radius 2 is 1.38 bits per heavy atom. The molecule has 126 valence electrons. The molecule has 0 bridgehead atoms. The molecule has 1 amide bonds. The third-order valence-electron chi connectivity index (χ3n) is 3.59. The van der Waals surface area contributed by atoms with E-state index >= 15 is 0 Å². The van der Waals surface area contributed by atoms with Crippen LogP contribution in [0, 0.1) is 0 Å². The third kappa shape index (κ3) is 17.6. The second-order valence-corrected chi connectivity index (χ2v) is 6.12. The van der Waals surface area contributed by atoms with Crippen molar-refractivity contribution in [3.05, 3.63) is 0 Å². The molecule has 3 nitrogen and oxygen atoms in total. The van der Waals surface area contributed by atoms with E-state index < -0.39 is 0 Å². The summed E-state index contributed by atoms with van der Waals surface area (Å²) in [5.41, 5.74) is 0. The molecule has 0 aromatic heterocycles. The summed E-state index contributed by atoms with van der Waals surface area (Å²) in [4.78, 5) is 11.3. The first kappa shape index (κ1) is 20.6. The third-order valence-corrected chi connectivity index (χ3v) is 3.90. The van der Waals surface area contributed by atoms with Crippen molar-refractivity contribution in [1.82, 2.24) is 5.32 Å². The maximum Gasteiger partial charge on any atom is 0.407 e.